The van der Waals surface area contributed by atoms with Gasteiger partial charge in [-0.15, -0.1) is 11.3 Å². The molecule has 0 spiro atoms. The second kappa shape index (κ2) is 10.4. The molecule has 212 valence electrons. The minimum atomic E-state index is -5.66. The number of aromatic nitrogens is 1. The number of ether oxygens (including phenoxy) is 2. The first-order valence-corrected chi connectivity index (χ1v) is 13.8. The van der Waals surface area contributed by atoms with Crippen molar-refractivity contribution < 1.29 is 50.1 Å². The summed E-state index contributed by atoms with van der Waals surface area (Å²) in [6, 6.07) is 9.84. The number of anilines is 1. The summed E-state index contributed by atoms with van der Waals surface area (Å²) in [7, 11) is -5.66. The van der Waals surface area contributed by atoms with E-state index in [0.717, 1.165) is 41.7 Å². The van der Waals surface area contributed by atoms with Crippen molar-refractivity contribution in [2.24, 2.45) is 5.92 Å². The lowest BCUT2D eigenvalue weighted by atomic mass is 9.87. The van der Waals surface area contributed by atoms with Gasteiger partial charge in [-0.05, 0) is 54.4 Å². The molecule has 0 radical (unpaired) electrons. The molecular formula is C25H19F5N2O6S2. The van der Waals surface area contributed by atoms with Crippen molar-refractivity contribution in [3.63, 3.8) is 0 Å². The summed E-state index contributed by atoms with van der Waals surface area (Å²) >= 11 is 1.13. The molecule has 5 rings (SSSR count). The standard InChI is InChI=1S/C25H19F5N2O6S2/c26-17-8-19-22(9-18(17)27)39-23(31-19)11-37-15-2-4-21-16(7-15)24(34)13(10-38-21)5-12-6-14(1-3-20(12)33)32-40(35,36)25(28,29)30/h1-4,6-9,13,24,32-34H,5,10-11H2. The molecule has 2 unspecified atom stereocenters. The molecule has 8 nitrogen and oxygen atoms in total. The highest BCUT2D eigenvalue weighted by atomic mass is 32.2. The van der Waals surface area contributed by atoms with Gasteiger partial charge < -0.3 is 19.7 Å². The number of sulfonamides is 1. The average Bonchev–Trinajstić information content (AvgIpc) is 3.27. The number of hydrogen-bond acceptors (Lipinski definition) is 8. The SMILES string of the molecule is O=S(=O)(Nc1ccc(O)c(CC2COc3ccc(OCc4nc5cc(F)c(F)cc5s4)cc3C2O)c1)C(F)(F)F. The summed E-state index contributed by atoms with van der Waals surface area (Å²) in [5, 5.41) is 21.7. The Bertz CT molecular complexity index is 1650. The molecule has 15 heteroatoms. The lowest BCUT2D eigenvalue weighted by molar-refractivity contribution is -0.0429. The number of alkyl halides is 3. The first-order valence-electron chi connectivity index (χ1n) is 11.5. The van der Waals surface area contributed by atoms with Gasteiger partial charge in [0.15, 0.2) is 11.6 Å². The monoisotopic (exact) mass is 602 g/mol. The maximum atomic E-state index is 13.5. The number of nitrogens with zero attached hydrogens (tertiary/aromatic N) is 1. The third-order valence-electron chi connectivity index (χ3n) is 6.15. The van der Waals surface area contributed by atoms with Gasteiger partial charge in [0.25, 0.3) is 0 Å². The first kappa shape index (κ1) is 27.9. The smallest absolute Gasteiger partial charge is 0.508 e. The number of nitrogens with one attached hydrogen (secondary N) is 1. The Hall–Kier alpha value is -3.69. The topological polar surface area (TPSA) is 118 Å². The molecule has 2 atom stereocenters. The Morgan fingerprint density at radius 2 is 1.85 bits per heavy atom. The number of phenols is 1. The molecule has 0 saturated heterocycles. The summed E-state index contributed by atoms with van der Waals surface area (Å²) in [5.41, 5.74) is -5.19. The molecule has 4 aromatic rings. The van der Waals surface area contributed by atoms with Gasteiger partial charge in [0, 0.05) is 23.2 Å². The third kappa shape index (κ3) is 5.62. The number of phenolic OH excluding ortho intramolecular Hbond substituents is 1. The molecule has 0 amide bonds. The van der Waals surface area contributed by atoms with E-state index in [-0.39, 0.29) is 36.5 Å². The minimum Gasteiger partial charge on any atom is -0.508 e. The van der Waals surface area contributed by atoms with Crippen LogP contribution in [0.4, 0.5) is 27.6 Å². The van der Waals surface area contributed by atoms with Crippen LogP contribution in [-0.4, -0.2) is 35.7 Å². The zero-order valence-electron chi connectivity index (χ0n) is 20.1. The van der Waals surface area contributed by atoms with Crippen molar-refractivity contribution in [2.45, 2.75) is 24.6 Å². The highest BCUT2D eigenvalue weighted by Gasteiger charge is 2.46. The molecule has 0 fully saturated rings. The summed E-state index contributed by atoms with van der Waals surface area (Å²) in [6.07, 6.45) is -1.19. The van der Waals surface area contributed by atoms with Crippen LogP contribution in [0.5, 0.6) is 17.2 Å². The number of benzene rings is 3. The molecule has 0 bridgehead atoms. The Balaban J connectivity index is 1.30. The van der Waals surface area contributed by atoms with Gasteiger partial charge in [-0.2, -0.15) is 21.6 Å². The van der Waals surface area contributed by atoms with Gasteiger partial charge in [0.1, 0.15) is 28.9 Å². The van der Waals surface area contributed by atoms with Crippen molar-refractivity contribution >= 4 is 37.3 Å². The molecule has 1 aliphatic heterocycles. The van der Waals surface area contributed by atoms with Gasteiger partial charge in [0.2, 0.25) is 0 Å². The maximum Gasteiger partial charge on any atom is 0.516 e. The fourth-order valence-corrected chi connectivity index (χ4v) is 5.62. The van der Waals surface area contributed by atoms with Crippen LogP contribution in [0.15, 0.2) is 48.5 Å². The molecule has 1 aromatic heterocycles. The van der Waals surface area contributed by atoms with E-state index >= 15 is 0 Å². The Morgan fingerprint density at radius 3 is 2.60 bits per heavy atom. The number of thiazole rings is 1. The molecule has 2 heterocycles. The number of aliphatic hydroxyl groups excluding tert-OH is 1. The number of halogens is 5. The summed E-state index contributed by atoms with van der Waals surface area (Å²) in [5.74, 6) is -2.24. The van der Waals surface area contributed by atoms with Crippen molar-refractivity contribution in [1.82, 2.24) is 4.98 Å². The van der Waals surface area contributed by atoms with Crippen molar-refractivity contribution in [1.29, 1.82) is 0 Å². The van der Waals surface area contributed by atoms with Gasteiger partial charge in [-0.1, -0.05) is 0 Å². The summed E-state index contributed by atoms with van der Waals surface area (Å²) in [6.45, 7) is -0.0125. The number of aromatic hydroxyl groups is 1. The van der Waals surface area contributed by atoms with E-state index in [9.17, 15) is 40.6 Å². The number of fused-ring (bicyclic) bond motifs is 2. The molecule has 40 heavy (non-hydrogen) atoms. The normalized spacial score (nSPS) is 17.4. The molecule has 0 aliphatic carbocycles. The van der Waals surface area contributed by atoms with E-state index in [4.69, 9.17) is 9.47 Å². The maximum absolute atomic E-state index is 13.5. The summed E-state index contributed by atoms with van der Waals surface area (Å²) in [4.78, 5) is 4.23. The first-order chi connectivity index (χ1) is 18.8. The summed E-state index contributed by atoms with van der Waals surface area (Å²) < 4.78 is 101. The van der Waals surface area contributed by atoms with Crippen LogP contribution in [0, 0.1) is 17.6 Å². The van der Waals surface area contributed by atoms with Crippen molar-refractivity contribution in [2.75, 3.05) is 11.3 Å². The molecular weight excluding hydrogens is 583 g/mol. The Kier molecular flexibility index (Phi) is 7.22. The van der Waals surface area contributed by atoms with E-state index in [1.807, 2.05) is 0 Å². The number of rotatable bonds is 7. The van der Waals surface area contributed by atoms with Crippen molar-refractivity contribution in [3.8, 4) is 17.2 Å². The van der Waals surface area contributed by atoms with E-state index < -0.39 is 44.9 Å². The fourth-order valence-electron chi connectivity index (χ4n) is 4.18. The molecule has 3 N–H and O–H groups in total. The van der Waals surface area contributed by atoms with Crippen LogP contribution in [0.2, 0.25) is 0 Å². The van der Waals surface area contributed by atoms with E-state index in [1.165, 1.54) is 10.8 Å². The van der Waals surface area contributed by atoms with Crippen LogP contribution in [0.3, 0.4) is 0 Å². The lowest BCUT2D eigenvalue weighted by Crippen LogP contribution is -2.30. The Labute approximate surface area is 227 Å². The van der Waals surface area contributed by atoms with Crippen LogP contribution in [-0.2, 0) is 23.1 Å². The van der Waals surface area contributed by atoms with Gasteiger partial charge in [-0.3, -0.25) is 4.72 Å². The highest BCUT2D eigenvalue weighted by molar-refractivity contribution is 7.93. The van der Waals surface area contributed by atoms with Gasteiger partial charge in [-0.25, -0.2) is 13.8 Å². The molecule has 0 saturated carbocycles. The predicted octanol–water partition coefficient (Wildman–Crippen LogP) is 5.41. The van der Waals surface area contributed by atoms with E-state index in [0.29, 0.717) is 26.8 Å². The largest absolute Gasteiger partial charge is 0.516 e. The zero-order chi connectivity index (χ0) is 28.8. The second-order valence-electron chi connectivity index (χ2n) is 8.94. The highest BCUT2D eigenvalue weighted by Crippen LogP contribution is 2.40. The minimum absolute atomic E-state index is 0.00510. The van der Waals surface area contributed by atoms with Crippen LogP contribution < -0.4 is 14.2 Å². The zero-order valence-corrected chi connectivity index (χ0v) is 21.7. The predicted molar refractivity (Wildman–Crippen MR) is 135 cm³/mol. The number of hydrogen-bond donors (Lipinski definition) is 3. The second-order valence-corrected chi connectivity index (χ2v) is 11.7. The third-order valence-corrected chi connectivity index (χ3v) is 8.26. The van der Waals surface area contributed by atoms with Crippen LogP contribution in [0.1, 0.15) is 22.2 Å². The van der Waals surface area contributed by atoms with E-state index in [2.05, 4.69) is 4.98 Å². The van der Waals surface area contributed by atoms with Crippen LogP contribution >= 0.6 is 11.3 Å². The van der Waals surface area contributed by atoms with Crippen molar-refractivity contribution in [3.05, 3.63) is 76.3 Å². The van der Waals surface area contributed by atoms with Gasteiger partial charge in [0.05, 0.1) is 22.9 Å². The van der Waals surface area contributed by atoms with Gasteiger partial charge >= 0.3 is 15.5 Å². The number of aliphatic hydroxyl groups is 1. The lowest BCUT2D eigenvalue weighted by Gasteiger charge is -2.31. The van der Waals surface area contributed by atoms with E-state index in [1.54, 1.807) is 12.1 Å². The average molecular weight is 603 g/mol. The Morgan fingerprint density at radius 1 is 1.10 bits per heavy atom. The quantitative estimate of drug-likeness (QED) is 0.191. The fraction of sp³-hybridized carbons (Fsp3) is 0.240. The molecule has 3 aromatic carbocycles. The molecule has 1 aliphatic rings. The van der Waals surface area contributed by atoms with Crippen LogP contribution in [0.25, 0.3) is 10.2 Å².